The van der Waals surface area contributed by atoms with E-state index in [2.05, 4.69) is 27.1 Å². The van der Waals surface area contributed by atoms with Crippen LogP contribution in [-0.4, -0.2) is 46.7 Å². The number of amides is 3. The Morgan fingerprint density at radius 2 is 2.03 bits per heavy atom. The van der Waals surface area contributed by atoms with Crippen LogP contribution in [0.4, 0.5) is 16.3 Å². The van der Waals surface area contributed by atoms with Gasteiger partial charge in [-0.25, -0.2) is 9.78 Å². The molecule has 152 valence electrons. The van der Waals surface area contributed by atoms with Crippen LogP contribution in [0.5, 0.6) is 0 Å². The van der Waals surface area contributed by atoms with Crippen molar-refractivity contribution in [1.82, 2.24) is 25.2 Å². The van der Waals surface area contributed by atoms with Gasteiger partial charge in [0, 0.05) is 43.0 Å². The van der Waals surface area contributed by atoms with Gasteiger partial charge in [-0.05, 0) is 31.1 Å². The van der Waals surface area contributed by atoms with Crippen LogP contribution in [0.25, 0.3) is 23.0 Å². The maximum absolute atomic E-state index is 11.9. The van der Waals surface area contributed by atoms with E-state index in [1.54, 1.807) is 16.8 Å². The van der Waals surface area contributed by atoms with E-state index in [0.717, 1.165) is 35.6 Å². The average Bonchev–Trinajstić information content (AvgIpc) is 3.36. The Morgan fingerprint density at radius 1 is 1.20 bits per heavy atom. The first kappa shape index (κ1) is 18.2. The third-order valence-electron chi connectivity index (χ3n) is 5.11. The Hall–Kier alpha value is -3.88. The molecule has 2 aromatic heterocycles. The zero-order chi connectivity index (χ0) is 20.8. The van der Waals surface area contributed by atoms with Crippen LogP contribution in [0.15, 0.2) is 42.2 Å². The molecule has 0 atom stereocenters. The zero-order valence-corrected chi connectivity index (χ0v) is 16.6. The molecule has 5 rings (SSSR count). The lowest BCUT2D eigenvalue weighted by molar-refractivity contribution is -0.115. The molecule has 0 unspecified atom stereocenters. The smallest absolute Gasteiger partial charge is 0.326 e. The number of imide groups is 1. The predicted molar refractivity (Wildman–Crippen MR) is 114 cm³/mol. The number of carbonyl (C=O) groups is 2. The number of urea groups is 1. The Morgan fingerprint density at radius 3 is 2.73 bits per heavy atom. The number of hydrogen-bond acceptors (Lipinski definition) is 6. The van der Waals surface area contributed by atoms with E-state index < -0.39 is 11.9 Å². The number of fused-ring (bicyclic) bond motifs is 1. The van der Waals surface area contributed by atoms with Crippen molar-refractivity contribution >= 4 is 35.2 Å². The minimum Gasteiger partial charge on any atom is -0.378 e. The van der Waals surface area contributed by atoms with Crippen LogP contribution >= 0.6 is 0 Å². The fourth-order valence-electron chi connectivity index (χ4n) is 3.35. The summed E-state index contributed by atoms with van der Waals surface area (Å²) >= 11 is 0. The third kappa shape index (κ3) is 3.34. The molecule has 30 heavy (non-hydrogen) atoms. The summed E-state index contributed by atoms with van der Waals surface area (Å²) in [6, 6.07) is 10.0. The van der Waals surface area contributed by atoms with Gasteiger partial charge >= 0.3 is 6.03 Å². The average molecular weight is 403 g/mol. The zero-order valence-electron chi connectivity index (χ0n) is 16.6. The lowest BCUT2D eigenvalue weighted by Gasteiger charge is -2.14. The Balaban J connectivity index is 1.65. The molecular weight excluding hydrogens is 382 g/mol. The van der Waals surface area contributed by atoms with E-state index in [9.17, 15) is 9.59 Å². The van der Waals surface area contributed by atoms with Gasteiger partial charge in [-0.3, -0.25) is 10.1 Å². The second-order valence-corrected chi connectivity index (χ2v) is 7.69. The van der Waals surface area contributed by atoms with Gasteiger partial charge in [-0.15, -0.1) is 0 Å². The number of nitrogens with one attached hydrogen (secondary N) is 3. The van der Waals surface area contributed by atoms with Crippen LogP contribution in [0.3, 0.4) is 0 Å². The molecule has 1 saturated carbocycles. The summed E-state index contributed by atoms with van der Waals surface area (Å²) in [5.41, 5.74) is 4.28. The highest BCUT2D eigenvalue weighted by Crippen LogP contribution is 2.30. The van der Waals surface area contributed by atoms with Crippen molar-refractivity contribution in [2.24, 2.45) is 0 Å². The molecule has 3 heterocycles. The van der Waals surface area contributed by atoms with Gasteiger partial charge in [0.2, 0.25) is 0 Å². The number of aromatic nitrogens is 3. The normalized spacial score (nSPS) is 17.3. The Kier molecular flexibility index (Phi) is 4.16. The molecule has 0 radical (unpaired) electrons. The number of rotatable bonds is 5. The molecule has 2 aliphatic rings. The summed E-state index contributed by atoms with van der Waals surface area (Å²) in [6.45, 7) is 0. The lowest BCUT2D eigenvalue weighted by Crippen LogP contribution is -2.22. The van der Waals surface area contributed by atoms with Crippen molar-refractivity contribution in [3.63, 3.8) is 0 Å². The van der Waals surface area contributed by atoms with Gasteiger partial charge in [0.1, 0.15) is 11.5 Å². The summed E-state index contributed by atoms with van der Waals surface area (Å²) in [7, 11) is 4.00. The van der Waals surface area contributed by atoms with Crippen molar-refractivity contribution in [1.29, 1.82) is 0 Å². The predicted octanol–water partition coefficient (Wildman–Crippen LogP) is 2.22. The first-order valence-corrected chi connectivity index (χ1v) is 9.75. The van der Waals surface area contributed by atoms with Gasteiger partial charge in [-0.2, -0.15) is 9.61 Å². The van der Waals surface area contributed by atoms with E-state index >= 15 is 0 Å². The first-order valence-electron chi connectivity index (χ1n) is 9.75. The van der Waals surface area contributed by atoms with Gasteiger partial charge in [-0.1, -0.05) is 12.1 Å². The van der Waals surface area contributed by atoms with E-state index in [1.165, 1.54) is 0 Å². The molecule has 3 amide bonds. The van der Waals surface area contributed by atoms with Gasteiger partial charge in [0.15, 0.2) is 5.65 Å². The standard InChI is InChI=1S/C21H21N7O2/c1-27(2)15-5-3-4-12(8-15)16-10-18(23-14-6-7-14)28-19(24-16)13(11-22-28)9-17-20(29)26-21(30)25-17/h3-5,8-11,14,23H,6-7H2,1-2H3,(H2,25,26,29,30)/b17-9-. The molecule has 3 N–H and O–H groups in total. The summed E-state index contributed by atoms with van der Waals surface area (Å²) in [6.07, 6.45) is 5.49. The number of hydrogen-bond donors (Lipinski definition) is 3. The Bertz CT molecular complexity index is 1210. The highest BCUT2D eigenvalue weighted by Gasteiger charge is 2.25. The molecule has 1 aliphatic heterocycles. The molecule has 0 spiro atoms. The van der Waals surface area contributed by atoms with Gasteiger partial charge < -0.3 is 15.5 Å². The van der Waals surface area contributed by atoms with E-state index in [4.69, 9.17) is 4.98 Å². The molecule has 9 heteroatoms. The fourth-order valence-corrected chi connectivity index (χ4v) is 3.35. The van der Waals surface area contributed by atoms with Crippen LogP contribution in [0.2, 0.25) is 0 Å². The SMILES string of the molecule is CN(C)c1cccc(-c2cc(NC3CC3)n3ncc(/C=C4\NC(=O)NC4=O)c3n2)c1. The maximum Gasteiger partial charge on any atom is 0.326 e. The number of anilines is 2. The van der Waals surface area contributed by atoms with E-state index in [1.807, 2.05) is 43.3 Å². The number of nitrogens with zero attached hydrogens (tertiary/aromatic N) is 4. The highest BCUT2D eigenvalue weighted by atomic mass is 16.2. The van der Waals surface area contributed by atoms with Crippen molar-refractivity contribution in [2.75, 3.05) is 24.3 Å². The first-order chi connectivity index (χ1) is 14.5. The van der Waals surface area contributed by atoms with Crippen LogP contribution in [0, 0.1) is 0 Å². The van der Waals surface area contributed by atoms with Gasteiger partial charge in [0.25, 0.3) is 5.91 Å². The van der Waals surface area contributed by atoms with E-state index in [0.29, 0.717) is 17.3 Å². The minimum atomic E-state index is -0.534. The second kappa shape index (κ2) is 6.87. The summed E-state index contributed by atoms with van der Waals surface area (Å²) in [5, 5.41) is 12.7. The number of carbonyl (C=O) groups excluding carboxylic acids is 2. The van der Waals surface area contributed by atoms with Crippen molar-refractivity contribution in [3.8, 4) is 11.3 Å². The maximum atomic E-state index is 11.9. The quantitative estimate of drug-likeness (QED) is 0.446. The molecule has 1 saturated heterocycles. The van der Waals surface area contributed by atoms with Crippen molar-refractivity contribution < 1.29 is 9.59 Å². The molecule has 1 aromatic carbocycles. The van der Waals surface area contributed by atoms with Crippen LogP contribution in [0.1, 0.15) is 18.4 Å². The largest absolute Gasteiger partial charge is 0.378 e. The van der Waals surface area contributed by atoms with E-state index in [-0.39, 0.29) is 5.70 Å². The minimum absolute atomic E-state index is 0.174. The summed E-state index contributed by atoms with van der Waals surface area (Å²) in [5.74, 6) is 0.378. The Labute approximate surface area is 172 Å². The molecule has 9 nitrogen and oxygen atoms in total. The van der Waals surface area contributed by atoms with Crippen LogP contribution < -0.4 is 20.9 Å². The molecule has 1 aliphatic carbocycles. The molecular formula is C21H21N7O2. The topological polar surface area (TPSA) is 104 Å². The summed E-state index contributed by atoms with van der Waals surface area (Å²) in [4.78, 5) is 30.2. The van der Waals surface area contributed by atoms with Crippen molar-refractivity contribution in [2.45, 2.75) is 18.9 Å². The molecule has 2 fully saturated rings. The molecule has 3 aromatic rings. The van der Waals surface area contributed by atoms with Crippen LogP contribution in [-0.2, 0) is 4.79 Å². The molecule has 0 bridgehead atoms. The fraction of sp³-hybridized carbons (Fsp3) is 0.238. The third-order valence-corrected chi connectivity index (χ3v) is 5.11. The monoisotopic (exact) mass is 403 g/mol. The second-order valence-electron chi connectivity index (χ2n) is 7.69. The van der Waals surface area contributed by atoms with Crippen molar-refractivity contribution in [3.05, 3.63) is 47.8 Å². The van der Waals surface area contributed by atoms with Gasteiger partial charge in [0.05, 0.1) is 11.9 Å². The highest BCUT2D eigenvalue weighted by molar-refractivity contribution is 6.14. The summed E-state index contributed by atoms with van der Waals surface area (Å²) < 4.78 is 1.73. The number of benzene rings is 1. The lowest BCUT2D eigenvalue weighted by atomic mass is 10.1.